The lowest BCUT2D eigenvalue weighted by Gasteiger charge is -2.33. The van der Waals surface area contributed by atoms with Crippen molar-refractivity contribution in [2.75, 3.05) is 0 Å². The van der Waals surface area contributed by atoms with Gasteiger partial charge in [-0.2, -0.15) is 0 Å². The minimum Gasteiger partial charge on any atom is -0.387 e. The summed E-state index contributed by atoms with van der Waals surface area (Å²) in [5.41, 5.74) is 2.58. The Hall–Kier alpha value is -1.65. The lowest BCUT2D eigenvalue weighted by atomic mass is 9.73. The molecule has 2 aliphatic carbocycles. The molecule has 3 unspecified atom stereocenters. The van der Waals surface area contributed by atoms with Crippen molar-refractivity contribution in [3.8, 4) is 0 Å². The molecule has 0 aliphatic heterocycles. The smallest absolute Gasteiger partial charge is 0.120 e. The molecule has 0 spiro atoms. The average Bonchev–Trinajstić information content (AvgIpc) is 3.31. The average molecular weight is 367 g/mol. The SMILES string of the molecule is OC(CC1CCCCC1c1ccccc1)c1c(C2CC2)sc2cncn12. The third kappa shape index (κ3) is 2.99. The summed E-state index contributed by atoms with van der Waals surface area (Å²) >= 11 is 1.83. The predicted octanol–water partition coefficient (Wildman–Crippen LogP) is 5.67. The normalized spacial score (nSPS) is 24.8. The van der Waals surface area contributed by atoms with E-state index in [1.807, 2.05) is 23.9 Å². The van der Waals surface area contributed by atoms with Gasteiger partial charge in [0.15, 0.2) is 0 Å². The summed E-state index contributed by atoms with van der Waals surface area (Å²) in [7, 11) is 0. The molecule has 3 nitrogen and oxygen atoms in total. The molecule has 2 heterocycles. The van der Waals surface area contributed by atoms with Crippen LogP contribution in [0.15, 0.2) is 42.9 Å². The number of benzene rings is 1. The number of nitrogens with zero attached hydrogens (tertiary/aromatic N) is 2. The highest BCUT2D eigenvalue weighted by Gasteiger charge is 2.34. The molecule has 2 fully saturated rings. The molecule has 1 N–H and O–H groups in total. The third-order valence-electron chi connectivity index (χ3n) is 6.26. The van der Waals surface area contributed by atoms with Crippen LogP contribution < -0.4 is 0 Å². The minimum absolute atomic E-state index is 0.386. The van der Waals surface area contributed by atoms with Crippen molar-refractivity contribution in [1.29, 1.82) is 0 Å². The van der Waals surface area contributed by atoms with Crippen LogP contribution in [0.3, 0.4) is 0 Å². The topological polar surface area (TPSA) is 37.5 Å². The molecule has 5 rings (SSSR count). The number of thiazole rings is 1. The highest BCUT2D eigenvalue weighted by molar-refractivity contribution is 7.17. The highest BCUT2D eigenvalue weighted by atomic mass is 32.1. The molecule has 2 aromatic heterocycles. The molecule has 0 radical (unpaired) electrons. The van der Waals surface area contributed by atoms with Gasteiger partial charge >= 0.3 is 0 Å². The number of aliphatic hydroxyl groups excluding tert-OH is 1. The summed E-state index contributed by atoms with van der Waals surface area (Å²) in [5, 5.41) is 11.3. The molecular formula is C22H26N2OS. The van der Waals surface area contributed by atoms with Crippen molar-refractivity contribution < 1.29 is 5.11 Å². The largest absolute Gasteiger partial charge is 0.387 e. The van der Waals surface area contributed by atoms with E-state index < -0.39 is 0 Å². The Morgan fingerprint density at radius 1 is 1.12 bits per heavy atom. The first-order valence-corrected chi connectivity index (χ1v) is 10.8. The van der Waals surface area contributed by atoms with Gasteiger partial charge in [0.25, 0.3) is 0 Å². The maximum absolute atomic E-state index is 11.3. The molecule has 3 atom stereocenters. The molecular weight excluding hydrogens is 340 g/mol. The first kappa shape index (κ1) is 16.5. The van der Waals surface area contributed by atoms with Crippen molar-refractivity contribution in [3.63, 3.8) is 0 Å². The number of hydrogen-bond acceptors (Lipinski definition) is 3. The quantitative estimate of drug-likeness (QED) is 0.631. The van der Waals surface area contributed by atoms with E-state index in [9.17, 15) is 5.11 Å². The Bertz CT molecular complexity index is 880. The summed E-state index contributed by atoms with van der Waals surface area (Å²) in [6.45, 7) is 0. The van der Waals surface area contributed by atoms with Gasteiger partial charge in [0.2, 0.25) is 0 Å². The van der Waals surface area contributed by atoms with Crippen molar-refractivity contribution in [2.24, 2.45) is 5.92 Å². The van der Waals surface area contributed by atoms with Crippen LogP contribution in [0, 0.1) is 5.92 Å². The van der Waals surface area contributed by atoms with Gasteiger partial charge in [-0.25, -0.2) is 4.98 Å². The fraction of sp³-hybridized carbons (Fsp3) is 0.500. The Kier molecular flexibility index (Phi) is 4.33. The molecule has 1 aromatic carbocycles. The van der Waals surface area contributed by atoms with Gasteiger partial charge in [0.1, 0.15) is 11.2 Å². The van der Waals surface area contributed by atoms with E-state index >= 15 is 0 Å². The minimum atomic E-state index is -0.386. The van der Waals surface area contributed by atoms with Gasteiger partial charge in [-0.05, 0) is 55.4 Å². The first-order valence-electron chi connectivity index (χ1n) is 9.99. The van der Waals surface area contributed by atoms with Gasteiger partial charge in [0, 0.05) is 4.88 Å². The Morgan fingerprint density at radius 2 is 1.92 bits per heavy atom. The molecule has 3 aromatic rings. The second-order valence-electron chi connectivity index (χ2n) is 8.04. The number of rotatable bonds is 5. The molecule has 26 heavy (non-hydrogen) atoms. The Morgan fingerprint density at radius 3 is 2.73 bits per heavy atom. The molecule has 136 valence electrons. The number of fused-ring (bicyclic) bond motifs is 1. The van der Waals surface area contributed by atoms with E-state index in [-0.39, 0.29) is 6.10 Å². The lowest BCUT2D eigenvalue weighted by Crippen LogP contribution is -2.21. The number of aromatic nitrogens is 2. The van der Waals surface area contributed by atoms with Crippen LogP contribution in [-0.4, -0.2) is 14.5 Å². The van der Waals surface area contributed by atoms with Crippen LogP contribution in [0.5, 0.6) is 0 Å². The van der Waals surface area contributed by atoms with Gasteiger partial charge in [-0.1, -0.05) is 43.2 Å². The van der Waals surface area contributed by atoms with Crippen LogP contribution in [-0.2, 0) is 0 Å². The summed E-state index contributed by atoms with van der Waals surface area (Å²) in [5.74, 6) is 1.81. The first-order chi connectivity index (χ1) is 12.8. The molecule has 2 saturated carbocycles. The lowest BCUT2D eigenvalue weighted by molar-refractivity contribution is 0.117. The summed E-state index contributed by atoms with van der Waals surface area (Å²) in [6, 6.07) is 10.9. The Labute approximate surface area is 158 Å². The van der Waals surface area contributed by atoms with Crippen molar-refractivity contribution in [3.05, 3.63) is 59.0 Å². The summed E-state index contributed by atoms with van der Waals surface area (Å²) in [6.07, 6.45) is 11.9. The Balaban J connectivity index is 1.43. The van der Waals surface area contributed by atoms with Gasteiger partial charge in [0.05, 0.1) is 18.0 Å². The van der Waals surface area contributed by atoms with E-state index in [1.165, 1.54) is 53.8 Å². The zero-order chi connectivity index (χ0) is 17.5. The van der Waals surface area contributed by atoms with E-state index in [0.29, 0.717) is 17.8 Å². The fourth-order valence-electron chi connectivity index (χ4n) is 4.81. The van der Waals surface area contributed by atoms with Crippen LogP contribution in [0.1, 0.15) is 79.0 Å². The summed E-state index contributed by atoms with van der Waals surface area (Å²) < 4.78 is 2.14. The second-order valence-corrected chi connectivity index (χ2v) is 9.10. The second kappa shape index (κ2) is 6.82. The number of imidazole rings is 1. The van der Waals surface area contributed by atoms with E-state index in [2.05, 4.69) is 39.7 Å². The monoisotopic (exact) mass is 366 g/mol. The molecule has 2 aliphatic rings. The van der Waals surface area contributed by atoms with Crippen LogP contribution in [0.2, 0.25) is 0 Å². The standard InChI is InChI=1S/C22H26N2OS/c25-19(21-22(16-10-11-16)26-20-13-23-14-24(20)21)12-17-8-4-5-9-18(17)15-6-2-1-3-7-15/h1-3,6-7,13-14,16-19,25H,4-5,8-12H2. The van der Waals surface area contributed by atoms with Crippen molar-refractivity contribution in [2.45, 2.75) is 62.9 Å². The number of hydrogen-bond donors (Lipinski definition) is 1. The zero-order valence-electron chi connectivity index (χ0n) is 15.1. The maximum atomic E-state index is 11.3. The third-order valence-corrected chi connectivity index (χ3v) is 7.53. The van der Waals surface area contributed by atoms with Crippen molar-refractivity contribution in [1.82, 2.24) is 9.38 Å². The van der Waals surface area contributed by atoms with Crippen LogP contribution in [0.4, 0.5) is 0 Å². The highest BCUT2D eigenvalue weighted by Crippen LogP contribution is 2.49. The maximum Gasteiger partial charge on any atom is 0.120 e. The van der Waals surface area contributed by atoms with Gasteiger partial charge in [-0.15, -0.1) is 11.3 Å². The predicted molar refractivity (Wildman–Crippen MR) is 106 cm³/mol. The van der Waals surface area contributed by atoms with E-state index in [1.54, 1.807) is 0 Å². The van der Waals surface area contributed by atoms with Crippen molar-refractivity contribution >= 4 is 16.2 Å². The number of aliphatic hydroxyl groups is 1. The zero-order valence-corrected chi connectivity index (χ0v) is 15.9. The van der Waals surface area contributed by atoms with Gasteiger partial charge < -0.3 is 5.11 Å². The van der Waals surface area contributed by atoms with Crippen LogP contribution >= 0.6 is 11.3 Å². The molecule has 0 saturated heterocycles. The summed E-state index contributed by atoms with van der Waals surface area (Å²) in [4.78, 5) is 6.87. The van der Waals surface area contributed by atoms with E-state index in [4.69, 9.17) is 0 Å². The molecule has 0 amide bonds. The molecule has 4 heteroatoms. The van der Waals surface area contributed by atoms with Crippen LogP contribution in [0.25, 0.3) is 4.83 Å². The molecule has 0 bridgehead atoms. The van der Waals surface area contributed by atoms with E-state index in [0.717, 1.165) is 12.1 Å². The van der Waals surface area contributed by atoms with Gasteiger partial charge in [-0.3, -0.25) is 4.40 Å². The fourth-order valence-corrected chi connectivity index (χ4v) is 6.14.